The summed E-state index contributed by atoms with van der Waals surface area (Å²) >= 11 is 0. The Kier molecular flexibility index (Phi) is 3.33. The molecule has 5 rings (SSSR count). The molecule has 122 valence electrons. The van der Waals surface area contributed by atoms with Crippen molar-refractivity contribution in [3.63, 3.8) is 0 Å². The van der Waals surface area contributed by atoms with Crippen LogP contribution in [0.15, 0.2) is 24.3 Å². The van der Waals surface area contributed by atoms with Crippen molar-refractivity contribution in [1.29, 1.82) is 0 Å². The van der Waals surface area contributed by atoms with Gasteiger partial charge in [-0.25, -0.2) is 9.18 Å². The highest BCUT2D eigenvalue weighted by atomic mass is 19.1. The summed E-state index contributed by atoms with van der Waals surface area (Å²) in [6.45, 7) is 0. The number of hydrogen-bond donors (Lipinski definition) is 1. The van der Waals surface area contributed by atoms with Crippen molar-refractivity contribution in [3.8, 4) is 0 Å². The fourth-order valence-corrected chi connectivity index (χ4v) is 5.99. The van der Waals surface area contributed by atoms with Gasteiger partial charge < -0.3 is 5.11 Å². The van der Waals surface area contributed by atoms with E-state index >= 15 is 0 Å². The van der Waals surface area contributed by atoms with Crippen LogP contribution in [0.2, 0.25) is 0 Å². The molecular formula is C19H21FO3. The minimum atomic E-state index is -1.35. The number of aliphatic carboxylic acids is 1. The summed E-state index contributed by atoms with van der Waals surface area (Å²) in [4.78, 5) is 23.3. The van der Waals surface area contributed by atoms with Gasteiger partial charge in [0.1, 0.15) is 5.82 Å². The summed E-state index contributed by atoms with van der Waals surface area (Å²) < 4.78 is 13.4. The van der Waals surface area contributed by atoms with E-state index in [0.29, 0.717) is 11.8 Å². The van der Waals surface area contributed by atoms with E-state index in [0.717, 1.165) is 43.1 Å². The third kappa shape index (κ3) is 2.22. The van der Waals surface area contributed by atoms with Crippen LogP contribution in [0.1, 0.15) is 44.1 Å². The van der Waals surface area contributed by atoms with Gasteiger partial charge in [0.05, 0.1) is 0 Å². The summed E-state index contributed by atoms with van der Waals surface area (Å²) in [5.74, 6) is -0.184. The highest BCUT2D eigenvalue weighted by Crippen LogP contribution is 2.64. The van der Waals surface area contributed by atoms with Gasteiger partial charge >= 0.3 is 5.97 Å². The first-order chi connectivity index (χ1) is 11.0. The lowest BCUT2D eigenvalue weighted by atomic mass is 9.43. The van der Waals surface area contributed by atoms with E-state index in [-0.39, 0.29) is 12.2 Å². The van der Waals surface area contributed by atoms with Crippen LogP contribution in [0.3, 0.4) is 0 Å². The Morgan fingerprint density at radius 3 is 2.00 bits per heavy atom. The van der Waals surface area contributed by atoms with Crippen molar-refractivity contribution in [2.75, 3.05) is 0 Å². The molecule has 23 heavy (non-hydrogen) atoms. The van der Waals surface area contributed by atoms with Crippen molar-refractivity contribution in [1.82, 2.24) is 0 Å². The molecule has 4 aliphatic carbocycles. The van der Waals surface area contributed by atoms with Crippen LogP contribution in [-0.2, 0) is 15.0 Å². The van der Waals surface area contributed by atoms with Crippen LogP contribution in [0.4, 0.5) is 4.39 Å². The maximum atomic E-state index is 13.4. The molecule has 4 heteroatoms. The smallest absolute Gasteiger partial charge is 0.372 e. The maximum Gasteiger partial charge on any atom is 0.372 e. The Morgan fingerprint density at radius 2 is 1.52 bits per heavy atom. The average molecular weight is 316 g/mol. The number of carboxylic acid groups (broad SMARTS) is 1. The molecule has 0 amide bonds. The molecule has 4 fully saturated rings. The predicted octanol–water partition coefficient (Wildman–Crippen LogP) is 3.56. The number of Topliss-reactive ketones (excluding diaryl/α,β-unsaturated/α-hetero) is 1. The van der Waals surface area contributed by atoms with Gasteiger partial charge in [0.15, 0.2) is 0 Å². The van der Waals surface area contributed by atoms with Gasteiger partial charge in [-0.15, -0.1) is 0 Å². The number of carbonyl (C=O) groups excluding carboxylic acids is 1. The zero-order valence-corrected chi connectivity index (χ0v) is 13.0. The van der Waals surface area contributed by atoms with Crippen molar-refractivity contribution >= 4 is 11.8 Å². The molecule has 0 saturated heterocycles. The quantitative estimate of drug-likeness (QED) is 0.864. The Balaban J connectivity index is 1.79. The molecule has 0 heterocycles. The van der Waals surface area contributed by atoms with Gasteiger partial charge in [-0.3, -0.25) is 4.79 Å². The summed E-state index contributed by atoms with van der Waals surface area (Å²) in [6.07, 6.45) is 5.67. The Labute approximate surface area is 134 Å². The monoisotopic (exact) mass is 316 g/mol. The minimum Gasteiger partial charge on any atom is -0.476 e. The zero-order chi connectivity index (χ0) is 16.2. The second-order valence-electron chi connectivity index (χ2n) is 7.76. The number of carboxylic acids is 1. The Hall–Kier alpha value is -1.71. The van der Waals surface area contributed by atoms with Crippen molar-refractivity contribution in [2.45, 2.75) is 43.9 Å². The summed E-state index contributed by atoms with van der Waals surface area (Å²) in [7, 11) is 0. The van der Waals surface area contributed by atoms with E-state index in [1.54, 1.807) is 12.1 Å². The molecule has 4 bridgehead atoms. The van der Waals surface area contributed by atoms with Crippen LogP contribution in [-0.4, -0.2) is 16.9 Å². The lowest BCUT2D eigenvalue weighted by molar-refractivity contribution is -0.152. The summed E-state index contributed by atoms with van der Waals surface area (Å²) in [6, 6.07) is 6.42. The van der Waals surface area contributed by atoms with E-state index < -0.39 is 17.2 Å². The van der Waals surface area contributed by atoms with Crippen LogP contribution in [0, 0.1) is 29.5 Å². The van der Waals surface area contributed by atoms with E-state index in [1.807, 2.05) is 0 Å². The average Bonchev–Trinajstić information content (AvgIpc) is 2.51. The molecule has 4 aliphatic rings. The zero-order valence-electron chi connectivity index (χ0n) is 13.0. The topological polar surface area (TPSA) is 54.4 Å². The molecule has 3 nitrogen and oxygen atoms in total. The molecule has 0 aromatic heterocycles. The lowest BCUT2D eigenvalue weighted by Gasteiger charge is -2.61. The van der Waals surface area contributed by atoms with Gasteiger partial charge in [-0.1, -0.05) is 12.1 Å². The van der Waals surface area contributed by atoms with Crippen LogP contribution >= 0.6 is 0 Å². The summed E-state index contributed by atoms with van der Waals surface area (Å²) in [5, 5.41) is 9.13. The van der Waals surface area contributed by atoms with Crippen LogP contribution < -0.4 is 0 Å². The molecule has 1 aromatic carbocycles. The highest BCUT2D eigenvalue weighted by molar-refractivity contribution is 6.33. The Morgan fingerprint density at radius 1 is 1.00 bits per heavy atom. The lowest BCUT2D eigenvalue weighted by Crippen LogP contribution is -2.56. The van der Waals surface area contributed by atoms with Gasteiger partial charge in [0.2, 0.25) is 5.78 Å². The van der Waals surface area contributed by atoms with Crippen molar-refractivity contribution in [3.05, 3.63) is 35.6 Å². The van der Waals surface area contributed by atoms with Gasteiger partial charge in [-0.2, -0.15) is 0 Å². The number of carbonyl (C=O) groups is 2. The molecule has 1 N–H and O–H groups in total. The van der Waals surface area contributed by atoms with Gasteiger partial charge in [0.25, 0.3) is 0 Å². The minimum absolute atomic E-state index is 0.0583. The van der Waals surface area contributed by atoms with Gasteiger partial charge in [0, 0.05) is 11.8 Å². The number of rotatable bonds is 4. The third-order valence-electron chi connectivity index (χ3n) is 6.67. The van der Waals surface area contributed by atoms with Crippen LogP contribution in [0.5, 0.6) is 0 Å². The van der Waals surface area contributed by atoms with Gasteiger partial charge in [-0.05, 0) is 73.5 Å². The van der Waals surface area contributed by atoms with E-state index in [9.17, 15) is 14.0 Å². The first-order valence-corrected chi connectivity index (χ1v) is 8.51. The molecule has 0 unspecified atom stereocenters. The Bertz CT molecular complexity index is 621. The number of ketones is 1. The number of halogens is 1. The van der Waals surface area contributed by atoms with Crippen molar-refractivity contribution in [2.24, 2.45) is 23.7 Å². The van der Waals surface area contributed by atoms with Crippen LogP contribution in [0.25, 0.3) is 0 Å². The van der Waals surface area contributed by atoms with Crippen molar-refractivity contribution < 1.29 is 19.1 Å². The first kappa shape index (κ1) is 14.9. The fraction of sp³-hybridized carbons (Fsp3) is 0.579. The van der Waals surface area contributed by atoms with E-state index in [2.05, 4.69) is 0 Å². The maximum absolute atomic E-state index is 13.4. The highest BCUT2D eigenvalue weighted by Gasteiger charge is 2.58. The second-order valence-corrected chi connectivity index (χ2v) is 7.76. The largest absolute Gasteiger partial charge is 0.476 e. The SMILES string of the molecule is O=C(O)C(=O)CC1(c2ccc(F)cc2)C2CC3CC(C2)CC1C3. The number of hydrogen-bond acceptors (Lipinski definition) is 2. The predicted molar refractivity (Wildman–Crippen MR) is 82.4 cm³/mol. The molecule has 0 spiro atoms. The third-order valence-corrected chi connectivity index (χ3v) is 6.67. The second kappa shape index (κ2) is 5.15. The van der Waals surface area contributed by atoms with E-state index in [1.165, 1.54) is 18.6 Å². The normalized spacial score (nSPS) is 37.8. The van der Waals surface area contributed by atoms with E-state index in [4.69, 9.17) is 5.11 Å². The molecule has 0 atom stereocenters. The molecule has 4 saturated carbocycles. The molecule has 0 radical (unpaired) electrons. The molecule has 1 aromatic rings. The first-order valence-electron chi connectivity index (χ1n) is 8.51. The fourth-order valence-electron chi connectivity index (χ4n) is 5.99. The number of benzene rings is 1. The summed E-state index contributed by atoms with van der Waals surface area (Å²) in [5.41, 5.74) is 0.554. The standard InChI is InChI=1S/C19H21FO3/c20-16-3-1-13(2-4-16)19(10-17(21)18(22)23)14-6-11-5-12(8-14)9-15(19)7-11/h1-4,11-12,14-15H,5-10H2,(H,22,23). The molecule has 0 aliphatic heterocycles. The molecular weight excluding hydrogens is 295 g/mol.